The van der Waals surface area contributed by atoms with Gasteiger partial charge in [-0.25, -0.2) is 0 Å². The third-order valence-corrected chi connectivity index (χ3v) is 1.52. The van der Waals surface area contributed by atoms with E-state index < -0.39 is 0 Å². The number of rotatable bonds is 0. The quantitative estimate of drug-likeness (QED) is 0.533. The zero-order valence-electron chi connectivity index (χ0n) is 4.98. The molecule has 1 aliphatic heterocycles. The van der Waals surface area contributed by atoms with Gasteiger partial charge in [0.2, 0.25) is 0 Å². The number of ether oxygens (including phenoxy) is 1. The van der Waals surface area contributed by atoms with Crippen molar-refractivity contribution in [2.45, 2.75) is 13.2 Å². The summed E-state index contributed by atoms with van der Waals surface area (Å²) in [6, 6.07) is 1.92. The second-order valence-corrected chi connectivity index (χ2v) is 2.22. The maximum Gasteiger partial charge on any atom is 0.101 e. The Labute approximate surface area is 52.8 Å². The van der Waals surface area contributed by atoms with Crippen LogP contribution in [0.1, 0.15) is 11.3 Å². The fourth-order valence-corrected chi connectivity index (χ4v) is 1.09. The van der Waals surface area contributed by atoms with Gasteiger partial charge in [0, 0.05) is 11.3 Å². The van der Waals surface area contributed by atoms with E-state index in [1.54, 1.807) is 0 Å². The van der Waals surface area contributed by atoms with Gasteiger partial charge in [-0.3, -0.25) is 0 Å². The molecule has 0 aliphatic carbocycles. The summed E-state index contributed by atoms with van der Waals surface area (Å²) in [7, 11) is 0. The summed E-state index contributed by atoms with van der Waals surface area (Å²) in [5.74, 6) is 0.739. The number of H-pyrrole nitrogens is 1. The monoisotopic (exact) mass is 124 g/mol. The van der Waals surface area contributed by atoms with E-state index >= 15 is 0 Å². The Morgan fingerprint density at radius 1 is 1.56 bits per heavy atom. The van der Waals surface area contributed by atoms with Crippen molar-refractivity contribution in [1.82, 2.24) is 4.98 Å². The van der Waals surface area contributed by atoms with Crippen LogP contribution in [0.15, 0.2) is 6.07 Å². The second kappa shape index (κ2) is 1.51. The van der Waals surface area contributed by atoms with Crippen LogP contribution in [0.5, 0.6) is 0 Å². The number of nitrogen functional groups attached to an aromatic ring is 1. The average Bonchev–Trinajstić information content (AvgIpc) is 2.22. The zero-order chi connectivity index (χ0) is 6.27. The van der Waals surface area contributed by atoms with Crippen LogP contribution < -0.4 is 5.73 Å². The minimum atomic E-state index is 0.687. The molecular formula is C6H8N2O. The molecule has 0 radical (unpaired) electrons. The number of aromatic amines is 1. The summed E-state index contributed by atoms with van der Waals surface area (Å²) >= 11 is 0. The van der Waals surface area contributed by atoms with Gasteiger partial charge in [-0.1, -0.05) is 0 Å². The Bertz CT molecular complexity index is 207. The van der Waals surface area contributed by atoms with Crippen LogP contribution in [0.2, 0.25) is 0 Å². The van der Waals surface area contributed by atoms with E-state index in [2.05, 4.69) is 4.98 Å². The van der Waals surface area contributed by atoms with Gasteiger partial charge in [-0.2, -0.15) is 0 Å². The van der Waals surface area contributed by atoms with Crippen LogP contribution in [0.3, 0.4) is 0 Å². The van der Waals surface area contributed by atoms with Crippen LogP contribution in [0, 0.1) is 0 Å². The highest BCUT2D eigenvalue weighted by Gasteiger charge is 2.12. The molecule has 0 aromatic carbocycles. The van der Waals surface area contributed by atoms with Gasteiger partial charge in [0.25, 0.3) is 0 Å². The molecule has 1 aromatic rings. The SMILES string of the molecule is Nc1cc2c([nH]1)COC2. The van der Waals surface area contributed by atoms with Crippen LogP contribution in [0.25, 0.3) is 0 Å². The third kappa shape index (κ3) is 0.616. The smallest absolute Gasteiger partial charge is 0.101 e. The largest absolute Gasteiger partial charge is 0.385 e. The van der Waals surface area contributed by atoms with Crippen LogP contribution >= 0.6 is 0 Å². The molecule has 0 amide bonds. The van der Waals surface area contributed by atoms with Gasteiger partial charge in [-0.05, 0) is 6.07 Å². The fraction of sp³-hybridized carbons (Fsp3) is 0.333. The number of nitrogens with one attached hydrogen (secondary N) is 1. The molecule has 1 aromatic heterocycles. The van der Waals surface area contributed by atoms with Crippen molar-refractivity contribution < 1.29 is 4.74 Å². The number of hydrogen-bond acceptors (Lipinski definition) is 2. The molecule has 48 valence electrons. The lowest BCUT2D eigenvalue weighted by molar-refractivity contribution is 0.132. The third-order valence-electron chi connectivity index (χ3n) is 1.52. The molecule has 0 fully saturated rings. The van der Waals surface area contributed by atoms with Crippen molar-refractivity contribution in [3.63, 3.8) is 0 Å². The molecule has 0 atom stereocenters. The number of hydrogen-bond donors (Lipinski definition) is 2. The van der Waals surface area contributed by atoms with Crippen molar-refractivity contribution in [3.05, 3.63) is 17.3 Å². The van der Waals surface area contributed by atoms with Gasteiger partial charge in [0.1, 0.15) is 5.82 Å². The summed E-state index contributed by atoms with van der Waals surface area (Å²) in [6.45, 7) is 1.40. The molecule has 1 aliphatic rings. The first-order chi connectivity index (χ1) is 4.36. The Balaban J connectivity index is 2.51. The number of fused-ring (bicyclic) bond motifs is 1. The standard InChI is InChI=1S/C6H8N2O/c7-6-1-4-2-9-3-5(4)8-6/h1,8H,2-3,7H2. The van der Waals surface area contributed by atoms with Crippen LogP contribution in [-0.2, 0) is 18.0 Å². The van der Waals surface area contributed by atoms with E-state index in [0.29, 0.717) is 13.2 Å². The highest BCUT2D eigenvalue weighted by molar-refractivity contribution is 5.39. The van der Waals surface area contributed by atoms with E-state index in [1.165, 1.54) is 5.56 Å². The van der Waals surface area contributed by atoms with Crippen LogP contribution in [-0.4, -0.2) is 4.98 Å². The summed E-state index contributed by atoms with van der Waals surface area (Å²) in [5, 5.41) is 0. The molecule has 3 heteroatoms. The first-order valence-electron chi connectivity index (χ1n) is 2.90. The predicted octanol–water partition coefficient (Wildman–Crippen LogP) is 0.627. The second-order valence-electron chi connectivity index (χ2n) is 2.22. The number of anilines is 1. The molecule has 2 rings (SSSR count). The Hall–Kier alpha value is -0.960. The van der Waals surface area contributed by atoms with Crippen molar-refractivity contribution >= 4 is 5.82 Å². The molecule has 0 saturated carbocycles. The Morgan fingerprint density at radius 3 is 3.22 bits per heavy atom. The lowest BCUT2D eigenvalue weighted by Gasteiger charge is -1.87. The summed E-state index contributed by atoms with van der Waals surface area (Å²) in [5.41, 5.74) is 7.81. The van der Waals surface area contributed by atoms with Gasteiger partial charge < -0.3 is 15.5 Å². The summed E-state index contributed by atoms with van der Waals surface area (Å²) < 4.78 is 5.12. The van der Waals surface area contributed by atoms with Gasteiger partial charge in [0.05, 0.1) is 13.2 Å². The van der Waals surface area contributed by atoms with E-state index in [-0.39, 0.29) is 0 Å². The molecule has 0 saturated heterocycles. The summed E-state index contributed by atoms with van der Waals surface area (Å²) in [4.78, 5) is 3.01. The summed E-state index contributed by atoms with van der Waals surface area (Å²) in [6.07, 6.45) is 0. The van der Waals surface area contributed by atoms with Crippen molar-refractivity contribution in [2.24, 2.45) is 0 Å². The van der Waals surface area contributed by atoms with Crippen molar-refractivity contribution in [3.8, 4) is 0 Å². The van der Waals surface area contributed by atoms with Crippen LogP contribution in [0.4, 0.5) is 5.82 Å². The van der Waals surface area contributed by atoms with E-state index in [9.17, 15) is 0 Å². The average molecular weight is 124 g/mol. The van der Waals surface area contributed by atoms with Gasteiger partial charge in [-0.15, -0.1) is 0 Å². The molecular weight excluding hydrogens is 116 g/mol. The minimum absolute atomic E-state index is 0.687. The maximum absolute atomic E-state index is 5.48. The predicted molar refractivity (Wildman–Crippen MR) is 33.7 cm³/mol. The van der Waals surface area contributed by atoms with Crippen molar-refractivity contribution in [2.75, 3.05) is 5.73 Å². The van der Waals surface area contributed by atoms with E-state index in [0.717, 1.165) is 11.5 Å². The topological polar surface area (TPSA) is 51.0 Å². The molecule has 0 spiro atoms. The number of aromatic nitrogens is 1. The number of nitrogens with two attached hydrogens (primary N) is 1. The molecule has 3 nitrogen and oxygen atoms in total. The van der Waals surface area contributed by atoms with E-state index in [4.69, 9.17) is 10.5 Å². The normalized spacial score (nSPS) is 16.0. The molecule has 0 unspecified atom stereocenters. The van der Waals surface area contributed by atoms with Gasteiger partial charge >= 0.3 is 0 Å². The van der Waals surface area contributed by atoms with Gasteiger partial charge in [0.15, 0.2) is 0 Å². The zero-order valence-corrected chi connectivity index (χ0v) is 4.98. The maximum atomic E-state index is 5.48. The Morgan fingerprint density at radius 2 is 2.44 bits per heavy atom. The highest BCUT2D eigenvalue weighted by atomic mass is 16.5. The Kier molecular flexibility index (Phi) is 0.818. The highest BCUT2D eigenvalue weighted by Crippen LogP contribution is 2.20. The van der Waals surface area contributed by atoms with Crippen molar-refractivity contribution in [1.29, 1.82) is 0 Å². The lowest BCUT2D eigenvalue weighted by Crippen LogP contribution is -1.86. The minimum Gasteiger partial charge on any atom is -0.385 e. The fourth-order valence-electron chi connectivity index (χ4n) is 1.09. The molecule has 2 heterocycles. The van der Waals surface area contributed by atoms with E-state index in [1.807, 2.05) is 6.07 Å². The molecule has 0 bridgehead atoms. The first-order valence-corrected chi connectivity index (χ1v) is 2.90. The first kappa shape index (κ1) is 4.88. The molecule has 3 N–H and O–H groups in total. The molecule has 9 heavy (non-hydrogen) atoms. The lowest BCUT2D eigenvalue weighted by atomic mass is 10.3.